The molecular formula is C20H20N4O3. The monoisotopic (exact) mass is 364 g/mol. The lowest BCUT2D eigenvalue weighted by Gasteiger charge is -2.10. The van der Waals surface area contributed by atoms with E-state index in [-0.39, 0.29) is 17.5 Å². The standard InChI is InChI=1S/C20H20N4O3/c1-3-21-19(25)16-6-4-5-7-17(16)22-20(26)18-12-13-24(23-18)14-8-10-15(27-2)11-9-14/h4-13H,3H2,1-2H3,(H,21,25)(H,22,26). The van der Waals surface area contributed by atoms with Crippen molar-refractivity contribution in [3.05, 3.63) is 72.1 Å². The minimum Gasteiger partial charge on any atom is -0.497 e. The number of carbonyl (C=O) groups excluding carboxylic acids is 2. The first-order chi connectivity index (χ1) is 13.1. The van der Waals surface area contributed by atoms with Gasteiger partial charge in [0.2, 0.25) is 0 Å². The van der Waals surface area contributed by atoms with Crippen molar-refractivity contribution < 1.29 is 14.3 Å². The third-order valence-corrected chi connectivity index (χ3v) is 3.92. The molecule has 0 aliphatic heterocycles. The van der Waals surface area contributed by atoms with Crippen LogP contribution in [0.3, 0.4) is 0 Å². The van der Waals surface area contributed by atoms with Gasteiger partial charge in [0.05, 0.1) is 24.0 Å². The number of methoxy groups -OCH3 is 1. The van der Waals surface area contributed by atoms with Gasteiger partial charge >= 0.3 is 0 Å². The van der Waals surface area contributed by atoms with Crippen molar-refractivity contribution in [3.8, 4) is 11.4 Å². The first-order valence-electron chi connectivity index (χ1n) is 8.51. The Labute approximate surface area is 157 Å². The molecule has 0 fully saturated rings. The summed E-state index contributed by atoms with van der Waals surface area (Å²) in [5.41, 5.74) is 1.89. The molecule has 2 N–H and O–H groups in total. The second-order valence-corrected chi connectivity index (χ2v) is 5.70. The lowest BCUT2D eigenvalue weighted by Crippen LogP contribution is -2.24. The summed E-state index contributed by atoms with van der Waals surface area (Å²) in [6.07, 6.45) is 1.70. The Bertz CT molecular complexity index is 948. The molecule has 0 unspecified atom stereocenters. The maximum atomic E-state index is 12.6. The fourth-order valence-corrected chi connectivity index (χ4v) is 2.56. The van der Waals surface area contributed by atoms with E-state index in [1.807, 2.05) is 31.2 Å². The first kappa shape index (κ1) is 18.2. The van der Waals surface area contributed by atoms with Gasteiger partial charge in [-0.1, -0.05) is 12.1 Å². The van der Waals surface area contributed by atoms with E-state index in [0.29, 0.717) is 17.8 Å². The number of hydrogen-bond donors (Lipinski definition) is 2. The predicted molar refractivity (Wildman–Crippen MR) is 103 cm³/mol. The number of aromatic nitrogens is 2. The Kier molecular flexibility index (Phi) is 5.51. The highest BCUT2D eigenvalue weighted by molar-refractivity contribution is 6.08. The summed E-state index contributed by atoms with van der Waals surface area (Å²) in [6, 6.07) is 15.8. The van der Waals surface area contributed by atoms with E-state index < -0.39 is 0 Å². The minimum absolute atomic E-state index is 0.239. The van der Waals surface area contributed by atoms with Gasteiger partial charge in [-0.15, -0.1) is 0 Å². The topological polar surface area (TPSA) is 85.2 Å². The zero-order chi connectivity index (χ0) is 19.2. The van der Waals surface area contributed by atoms with Gasteiger partial charge in [0.1, 0.15) is 5.75 Å². The van der Waals surface area contributed by atoms with Gasteiger partial charge in [-0.2, -0.15) is 5.10 Å². The van der Waals surface area contributed by atoms with Crippen molar-refractivity contribution in [3.63, 3.8) is 0 Å². The molecule has 0 saturated heterocycles. The summed E-state index contributed by atoms with van der Waals surface area (Å²) in [7, 11) is 1.60. The largest absolute Gasteiger partial charge is 0.497 e. The van der Waals surface area contributed by atoms with Crippen molar-refractivity contribution in [2.24, 2.45) is 0 Å². The molecule has 2 amide bonds. The van der Waals surface area contributed by atoms with Gasteiger partial charge in [0, 0.05) is 12.7 Å². The van der Waals surface area contributed by atoms with Crippen LogP contribution in [0.15, 0.2) is 60.8 Å². The number of rotatable bonds is 6. The van der Waals surface area contributed by atoms with Gasteiger partial charge < -0.3 is 15.4 Å². The summed E-state index contributed by atoms with van der Waals surface area (Å²) in [4.78, 5) is 24.7. The quantitative estimate of drug-likeness (QED) is 0.704. The molecule has 0 radical (unpaired) electrons. The Hall–Kier alpha value is -3.61. The highest BCUT2D eigenvalue weighted by atomic mass is 16.5. The second kappa shape index (κ2) is 8.18. The molecule has 0 spiro atoms. The van der Waals surface area contributed by atoms with Gasteiger partial charge in [-0.3, -0.25) is 9.59 Å². The van der Waals surface area contributed by atoms with Gasteiger partial charge in [0.25, 0.3) is 11.8 Å². The van der Waals surface area contributed by atoms with E-state index in [0.717, 1.165) is 11.4 Å². The van der Waals surface area contributed by atoms with Crippen molar-refractivity contribution >= 4 is 17.5 Å². The zero-order valence-corrected chi connectivity index (χ0v) is 15.1. The lowest BCUT2D eigenvalue weighted by atomic mass is 10.1. The van der Waals surface area contributed by atoms with Crippen LogP contribution < -0.4 is 15.4 Å². The summed E-state index contributed by atoms with van der Waals surface area (Å²) in [5, 5.41) is 9.79. The minimum atomic E-state index is -0.390. The molecule has 0 bridgehead atoms. The SMILES string of the molecule is CCNC(=O)c1ccccc1NC(=O)c1ccn(-c2ccc(OC)cc2)n1. The molecule has 1 heterocycles. The van der Waals surface area contributed by atoms with E-state index in [9.17, 15) is 9.59 Å². The van der Waals surface area contributed by atoms with Crippen molar-refractivity contribution in [2.45, 2.75) is 6.92 Å². The summed E-state index contributed by atoms with van der Waals surface area (Å²) < 4.78 is 6.74. The molecular weight excluding hydrogens is 344 g/mol. The van der Waals surface area contributed by atoms with Crippen LogP contribution in [0, 0.1) is 0 Å². The van der Waals surface area contributed by atoms with E-state index >= 15 is 0 Å². The van der Waals surface area contributed by atoms with E-state index in [1.165, 1.54) is 0 Å². The average Bonchev–Trinajstić information content (AvgIpc) is 3.19. The van der Waals surface area contributed by atoms with Gasteiger partial charge in [-0.05, 0) is 49.4 Å². The van der Waals surface area contributed by atoms with E-state index in [1.54, 1.807) is 48.3 Å². The third kappa shape index (κ3) is 4.14. The number of nitrogens with zero attached hydrogens (tertiary/aromatic N) is 2. The molecule has 1 aromatic heterocycles. The van der Waals surface area contributed by atoms with Crippen LogP contribution >= 0.6 is 0 Å². The van der Waals surface area contributed by atoms with Crippen molar-refractivity contribution in [1.82, 2.24) is 15.1 Å². The summed E-state index contributed by atoms with van der Waals surface area (Å²) in [6.45, 7) is 2.35. The van der Waals surface area contributed by atoms with Crippen LogP contribution in [0.1, 0.15) is 27.8 Å². The van der Waals surface area contributed by atoms with Crippen molar-refractivity contribution in [2.75, 3.05) is 19.0 Å². The molecule has 27 heavy (non-hydrogen) atoms. The number of para-hydroxylation sites is 1. The summed E-state index contributed by atoms with van der Waals surface area (Å²) in [5.74, 6) is 0.113. The highest BCUT2D eigenvalue weighted by Crippen LogP contribution is 2.17. The van der Waals surface area contributed by atoms with Crippen LogP contribution in [-0.2, 0) is 0 Å². The molecule has 0 aliphatic carbocycles. The van der Waals surface area contributed by atoms with E-state index in [4.69, 9.17) is 4.74 Å². The molecule has 2 aromatic carbocycles. The normalized spacial score (nSPS) is 10.3. The maximum Gasteiger partial charge on any atom is 0.276 e. The molecule has 138 valence electrons. The second-order valence-electron chi connectivity index (χ2n) is 5.70. The van der Waals surface area contributed by atoms with Gasteiger partial charge in [-0.25, -0.2) is 4.68 Å². The number of anilines is 1. The number of nitrogens with one attached hydrogen (secondary N) is 2. The van der Waals surface area contributed by atoms with Crippen LogP contribution in [0.2, 0.25) is 0 Å². The molecule has 3 aromatic rings. The van der Waals surface area contributed by atoms with Crippen LogP contribution in [-0.4, -0.2) is 35.2 Å². The Morgan fingerprint density at radius 3 is 2.48 bits per heavy atom. The smallest absolute Gasteiger partial charge is 0.276 e. The average molecular weight is 364 g/mol. The Morgan fingerprint density at radius 1 is 1.04 bits per heavy atom. The highest BCUT2D eigenvalue weighted by Gasteiger charge is 2.15. The fourth-order valence-electron chi connectivity index (χ4n) is 2.56. The Morgan fingerprint density at radius 2 is 1.78 bits per heavy atom. The van der Waals surface area contributed by atoms with Crippen LogP contribution in [0.25, 0.3) is 5.69 Å². The number of carbonyl (C=O) groups is 2. The first-order valence-corrected chi connectivity index (χ1v) is 8.51. The molecule has 7 nitrogen and oxygen atoms in total. The molecule has 0 atom stereocenters. The molecule has 0 aliphatic rings. The van der Waals surface area contributed by atoms with Crippen molar-refractivity contribution in [1.29, 1.82) is 0 Å². The summed E-state index contributed by atoms with van der Waals surface area (Å²) >= 11 is 0. The predicted octanol–water partition coefficient (Wildman–Crippen LogP) is 2.88. The number of amides is 2. The number of ether oxygens (including phenoxy) is 1. The zero-order valence-electron chi connectivity index (χ0n) is 15.1. The van der Waals surface area contributed by atoms with E-state index in [2.05, 4.69) is 15.7 Å². The molecule has 0 saturated carbocycles. The van der Waals surface area contributed by atoms with Crippen LogP contribution in [0.4, 0.5) is 5.69 Å². The number of benzene rings is 2. The third-order valence-electron chi connectivity index (χ3n) is 3.92. The Balaban J connectivity index is 1.78. The van der Waals surface area contributed by atoms with Gasteiger partial charge in [0.15, 0.2) is 5.69 Å². The molecule has 3 rings (SSSR count). The van der Waals surface area contributed by atoms with Crippen LogP contribution in [0.5, 0.6) is 5.75 Å². The number of hydrogen-bond acceptors (Lipinski definition) is 4. The maximum absolute atomic E-state index is 12.6. The fraction of sp³-hybridized carbons (Fsp3) is 0.150. The molecule has 7 heteroatoms. The lowest BCUT2D eigenvalue weighted by molar-refractivity contribution is 0.0956.